The van der Waals surface area contributed by atoms with Gasteiger partial charge in [0.2, 0.25) is 0 Å². The summed E-state index contributed by atoms with van der Waals surface area (Å²) in [6, 6.07) is 5.10. The molecule has 0 aliphatic rings. The fraction of sp³-hybridized carbons (Fsp3) is 0.500. The molecule has 1 aromatic rings. The van der Waals surface area contributed by atoms with Crippen LogP contribution in [0.4, 0.5) is 0 Å². The Morgan fingerprint density at radius 2 is 1.67 bits per heavy atom. The molecule has 0 heterocycles. The summed E-state index contributed by atoms with van der Waals surface area (Å²) in [7, 11) is 1.35. The van der Waals surface area contributed by atoms with E-state index in [0.29, 0.717) is 17.1 Å². The first-order chi connectivity index (χ1) is 8.43. The maximum Gasteiger partial charge on any atom is 0.341 e. The third kappa shape index (κ3) is 3.95. The molecule has 18 heavy (non-hydrogen) atoms. The zero-order valence-electron chi connectivity index (χ0n) is 11.5. The van der Waals surface area contributed by atoms with Crippen molar-refractivity contribution in [2.24, 2.45) is 0 Å². The molecule has 100 valence electrons. The first-order valence-electron chi connectivity index (χ1n) is 5.99. The van der Waals surface area contributed by atoms with E-state index < -0.39 is 5.97 Å². The Morgan fingerprint density at radius 1 is 1.06 bits per heavy atom. The molecule has 0 amide bonds. The molecule has 4 heteroatoms. The molecule has 1 rings (SSSR count). The smallest absolute Gasteiger partial charge is 0.341 e. The highest BCUT2D eigenvalue weighted by molar-refractivity contribution is 5.92. The third-order valence-electron chi connectivity index (χ3n) is 2.09. The van der Waals surface area contributed by atoms with E-state index in [2.05, 4.69) is 0 Å². The molecule has 0 fully saturated rings. The minimum absolute atomic E-state index is 0.0253. The molecule has 0 spiro atoms. The lowest BCUT2D eigenvalue weighted by Gasteiger charge is -2.16. The van der Waals surface area contributed by atoms with Crippen molar-refractivity contribution in [3.8, 4) is 11.5 Å². The molecule has 4 nitrogen and oxygen atoms in total. The zero-order chi connectivity index (χ0) is 13.7. The van der Waals surface area contributed by atoms with Gasteiger partial charge in [-0.25, -0.2) is 4.79 Å². The summed E-state index contributed by atoms with van der Waals surface area (Å²) >= 11 is 0. The Labute approximate surface area is 108 Å². The number of carbonyl (C=O) groups is 1. The normalized spacial score (nSPS) is 10.6. The second-order valence-electron chi connectivity index (χ2n) is 4.48. The van der Waals surface area contributed by atoms with E-state index in [1.165, 1.54) is 7.11 Å². The van der Waals surface area contributed by atoms with E-state index >= 15 is 0 Å². The SMILES string of the molecule is COC(=O)c1ccc(OC(C)C)cc1OC(C)C. The van der Waals surface area contributed by atoms with E-state index in [-0.39, 0.29) is 12.2 Å². The van der Waals surface area contributed by atoms with Crippen LogP contribution < -0.4 is 9.47 Å². The van der Waals surface area contributed by atoms with Gasteiger partial charge in [-0.05, 0) is 39.8 Å². The van der Waals surface area contributed by atoms with Crippen LogP contribution in [0.15, 0.2) is 18.2 Å². The number of benzene rings is 1. The van der Waals surface area contributed by atoms with Gasteiger partial charge in [-0.2, -0.15) is 0 Å². The summed E-state index contributed by atoms with van der Waals surface area (Å²) in [6.07, 6.45) is 0.0450. The molecule has 0 N–H and O–H groups in total. The van der Waals surface area contributed by atoms with Gasteiger partial charge in [0.1, 0.15) is 17.1 Å². The van der Waals surface area contributed by atoms with Crippen LogP contribution in [0, 0.1) is 0 Å². The van der Waals surface area contributed by atoms with Gasteiger partial charge < -0.3 is 14.2 Å². The number of rotatable bonds is 5. The highest BCUT2D eigenvalue weighted by Crippen LogP contribution is 2.27. The maximum atomic E-state index is 11.6. The molecule has 0 radical (unpaired) electrons. The second kappa shape index (κ2) is 6.28. The van der Waals surface area contributed by atoms with E-state index in [1.807, 2.05) is 27.7 Å². The van der Waals surface area contributed by atoms with Crippen molar-refractivity contribution in [1.29, 1.82) is 0 Å². The largest absolute Gasteiger partial charge is 0.491 e. The second-order valence-corrected chi connectivity index (χ2v) is 4.48. The molecule has 0 aliphatic heterocycles. The summed E-state index contributed by atoms with van der Waals surface area (Å²) in [5.41, 5.74) is 0.405. The Kier molecular flexibility index (Phi) is 5.01. The molecule has 0 aromatic heterocycles. The van der Waals surface area contributed by atoms with Crippen molar-refractivity contribution < 1.29 is 19.0 Å². The number of ether oxygens (including phenoxy) is 3. The van der Waals surface area contributed by atoms with Crippen LogP contribution >= 0.6 is 0 Å². The van der Waals surface area contributed by atoms with Crippen LogP contribution in [0.25, 0.3) is 0 Å². The van der Waals surface area contributed by atoms with Crippen LogP contribution in [0.3, 0.4) is 0 Å². The van der Waals surface area contributed by atoms with E-state index in [9.17, 15) is 4.79 Å². The Morgan fingerprint density at radius 3 is 2.17 bits per heavy atom. The van der Waals surface area contributed by atoms with Gasteiger partial charge >= 0.3 is 5.97 Å². The standard InChI is InChI=1S/C14H20O4/c1-9(2)17-11-6-7-12(14(15)16-5)13(8-11)18-10(3)4/h6-10H,1-5H3. The topological polar surface area (TPSA) is 44.8 Å². The van der Waals surface area contributed by atoms with Gasteiger partial charge in [-0.1, -0.05) is 0 Å². The molecule has 0 saturated heterocycles. The van der Waals surface area contributed by atoms with Crippen molar-refractivity contribution >= 4 is 5.97 Å². The number of hydrogen-bond acceptors (Lipinski definition) is 4. The lowest BCUT2D eigenvalue weighted by atomic mass is 10.2. The van der Waals surface area contributed by atoms with Gasteiger partial charge in [-0.15, -0.1) is 0 Å². The average Bonchev–Trinajstić information content (AvgIpc) is 2.26. The number of esters is 1. The van der Waals surface area contributed by atoms with Crippen LogP contribution in [0.1, 0.15) is 38.1 Å². The highest BCUT2D eigenvalue weighted by Gasteiger charge is 2.15. The molecular weight excluding hydrogens is 232 g/mol. The maximum absolute atomic E-state index is 11.6. The van der Waals surface area contributed by atoms with Crippen molar-refractivity contribution in [2.75, 3.05) is 7.11 Å². The van der Waals surface area contributed by atoms with E-state index in [0.717, 1.165) is 0 Å². The molecular formula is C14H20O4. The van der Waals surface area contributed by atoms with Gasteiger partial charge in [0, 0.05) is 6.07 Å². The monoisotopic (exact) mass is 252 g/mol. The predicted octanol–water partition coefficient (Wildman–Crippen LogP) is 3.05. The van der Waals surface area contributed by atoms with Crippen LogP contribution in [-0.2, 0) is 4.74 Å². The Balaban J connectivity index is 3.07. The summed E-state index contributed by atoms with van der Waals surface area (Å²) in [5, 5.41) is 0. The fourth-order valence-electron chi connectivity index (χ4n) is 1.48. The lowest BCUT2D eigenvalue weighted by molar-refractivity contribution is 0.0594. The number of carbonyl (C=O) groups excluding carboxylic acids is 1. The molecule has 1 aromatic carbocycles. The van der Waals surface area contributed by atoms with Gasteiger partial charge in [0.05, 0.1) is 19.3 Å². The van der Waals surface area contributed by atoms with Gasteiger partial charge in [0.15, 0.2) is 0 Å². The van der Waals surface area contributed by atoms with E-state index in [1.54, 1.807) is 18.2 Å². The fourth-order valence-corrected chi connectivity index (χ4v) is 1.48. The number of methoxy groups -OCH3 is 1. The lowest BCUT2D eigenvalue weighted by Crippen LogP contribution is -2.12. The summed E-state index contributed by atoms with van der Waals surface area (Å²) in [5.74, 6) is 0.741. The zero-order valence-corrected chi connectivity index (χ0v) is 11.5. The Bertz CT molecular complexity index is 410. The Hall–Kier alpha value is -1.71. The third-order valence-corrected chi connectivity index (χ3v) is 2.09. The van der Waals surface area contributed by atoms with Crippen molar-refractivity contribution in [1.82, 2.24) is 0 Å². The predicted molar refractivity (Wildman–Crippen MR) is 69.3 cm³/mol. The summed E-state index contributed by atoms with van der Waals surface area (Å²) in [6.45, 7) is 7.68. The number of hydrogen-bond donors (Lipinski definition) is 0. The summed E-state index contributed by atoms with van der Waals surface area (Å²) < 4.78 is 15.9. The quantitative estimate of drug-likeness (QED) is 0.755. The van der Waals surface area contributed by atoms with Crippen molar-refractivity contribution in [2.45, 2.75) is 39.9 Å². The van der Waals surface area contributed by atoms with Crippen LogP contribution in [0.5, 0.6) is 11.5 Å². The van der Waals surface area contributed by atoms with Gasteiger partial charge in [-0.3, -0.25) is 0 Å². The molecule has 0 unspecified atom stereocenters. The molecule has 0 aliphatic carbocycles. The first-order valence-corrected chi connectivity index (χ1v) is 5.99. The van der Waals surface area contributed by atoms with Crippen LogP contribution in [-0.4, -0.2) is 25.3 Å². The first kappa shape index (κ1) is 14.4. The molecule has 0 saturated carbocycles. The minimum atomic E-state index is -0.415. The van der Waals surface area contributed by atoms with Crippen molar-refractivity contribution in [3.05, 3.63) is 23.8 Å². The van der Waals surface area contributed by atoms with Crippen molar-refractivity contribution in [3.63, 3.8) is 0 Å². The summed E-state index contributed by atoms with van der Waals surface area (Å²) in [4.78, 5) is 11.6. The molecule has 0 bridgehead atoms. The molecule has 0 atom stereocenters. The average molecular weight is 252 g/mol. The van der Waals surface area contributed by atoms with E-state index in [4.69, 9.17) is 14.2 Å². The highest BCUT2D eigenvalue weighted by atomic mass is 16.5. The van der Waals surface area contributed by atoms with Crippen LogP contribution in [0.2, 0.25) is 0 Å². The minimum Gasteiger partial charge on any atom is -0.491 e. The van der Waals surface area contributed by atoms with Gasteiger partial charge in [0.25, 0.3) is 0 Å².